The summed E-state index contributed by atoms with van der Waals surface area (Å²) in [6.07, 6.45) is 2.53. The molecule has 1 aromatic carbocycles. The molecule has 0 saturated heterocycles. The summed E-state index contributed by atoms with van der Waals surface area (Å²) in [5.74, 6) is 3.22. The van der Waals surface area contributed by atoms with Crippen LogP contribution < -0.4 is 0 Å². The van der Waals surface area contributed by atoms with Gasteiger partial charge in [0, 0.05) is 12.8 Å². The van der Waals surface area contributed by atoms with E-state index < -0.39 is 5.41 Å². The average molecular weight is 438 g/mol. The topological polar surface area (TPSA) is 64.8 Å². The summed E-state index contributed by atoms with van der Waals surface area (Å²) < 4.78 is 18.6. The van der Waals surface area contributed by atoms with Gasteiger partial charge in [-0.15, -0.1) is 0 Å². The van der Waals surface area contributed by atoms with E-state index in [4.69, 9.17) is 29.2 Å². The second kappa shape index (κ2) is 8.20. The lowest BCUT2D eigenvalue weighted by molar-refractivity contribution is 0.198. The zero-order chi connectivity index (χ0) is 22.5. The molecule has 6 heteroatoms. The Kier molecular flexibility index (Phi) is 5.50. The first kappa shape index (κ1) is 21.5. The van der Waals surface area contributed by atoms with Crippen molar-refractivity contribution in [2.75, 3.05) is 13.2 Å². The summed E-state index contributed by atoms with van der Waals surface area (Å²) in [7, 11) is 0. The Labute approximate surface area is 191 Å². The van der Waals surface area contributed by atoms with Crippen LogP contribution in [0.15, 0.2) is 39.2 Å². The highest BCUT2D eigenvalue weighted by Gasteiger charge is 2.47. The number of benzene rings is 1. The molecule has 1 aliphatic carbocycles. The summed E-state index contributed by atoms with van der Waals surface area (Å²) in [6.45, 7) is 12.2. The first-order valence-corrected chi connectivity index (χ1v) is 12.1. The van der Waals surface area contributed by atoms with Crippen LogP contribution in [-0.2, 0) is 20.6 Å². The fraction of sp³-hybridized carbons (Fsp3) is 0.654. The van der Waals surface area contributed by atoms with Gasteiger partial charge in [-0.25, -0.2) is 15.0 Å². The van der Waals surface area contributed by atoms with Gasteiger partial charge in [-0.1, -0.05) is 52.0 Å². The molecule has 5 rings (SSSR count). The summed E-state index contributed by atoms with van der Waals surface area (Å²) in [4.78, 5) is 14.9. The maximum absolute atomic E-state index is 6.30. The van der Waals surface area contributed by atoms with Crippen LogP contribution in [-0.4, -0.2) is 49.1 Å². The molecule has 6 nitrogen and oxygen atoms in total. The Morgan fingerprint density at radius 1 is 0.938 bits per heavy atom. The zero-order valence-corrected chi connectivity index (χ0v) is 19.9. The standard InChI is InChI=1S/C26H35N3O3/c1-15(2)19-13-30-24(27-19)26(5,25-28-20(14-31-25)16(3)4)11-10-22-29-23-18-9-7-6-8-17(18)12-21(23)32-22/h6-9,15-16,19-21,23H,10-14H2,1-5H3/t19-,20-,21-,23+/m1/s1. The first-order valence-electron chi connectivity index (χ1n) is 12.1. The molecule has 32 heavy (non-hydrogen) atoms. The van der Waals surface area contributed by atoms with Gasteiger partial charge in [0.15, 0.2) is 17.7 Å². The van der Waals surface area contributed by atoms with Crippen LogP contribution in [0.5, 0.6) is 0 Å². The molecule has 4 aliphatic rings. The number of rotatable bonds is 7. The van der Waals surface area contributed by atoms with Crippen LogP contribution in [0.2, 0.25) is 0 Å². The van der Waals surface area contributed by atoms with Gasteiger partial charge < -0.3 is 14.2 Å². The SMILES string of the molecule is CC(C)[C@H]1COC(C(C)(CCC2=N[C@H]3c4ccccc4C[C@H]3O2)C2=N[C@@H](C(C)C)CO2)=N1. The van der Waals surface area contributed by atoms with Crippen molar-refractivity contribution < 1.29 is 14.2 Å². The van der Waals surface area contributed by atoms with Crippen molar-refractivity contribution in [3.8, 4) is 0 Å². The molecular weight excluding hydrogens is 402 g/mol. The lowest BCUT2D eigenvalue weighted by Gasteiger charge is -2.27. The maximum Gasteiger partial charge on any atom is 0.199 e. The second-order valence-electron chi connectivity index (χ2n) is 10.5. The molecule has 0 N–H and O–H groups in total. The predicted molar refractivity (Wildman–Crippen MR) is 127 cm³/mol. The fourth-order valence-corrected chi connectivity index (χ4v) is 5.01. The number of fused-ring (bicyclic) bond motifs is 3. The molecule has 0 bridgehead atoms. The smallest absolute Gasteiger partial charge is 0.199 e. The molecule has 0 aromatic heterocycles. The van der Waals surface area contributed by atoms with Crippen LogP contribution in [0.3, 0.4) is 0 Å². The van der Waals surface area contributed by atoms with Crippen molar-refractivity contribution in [3.05, 3.63) is 35.4 Å². The Morgan fingerprint density at radius 3 is 2.16 bits per heavy atom. The van der Waals surface area contributed by atoms with Crippen molar-refractivity contribution in [2.45, 2.75) is 78.1 Å². The third kappa shape index (κ3) is 3.71. The summed E-state index contributed by atoms with van der Waals surface area (Å²) >= 11 is 0. The fourth-order valence-electron chi connectivity index (χ4n) is 5.01. The van der Waals surface area contributed by atoms with Gasteiger partial charge in [-0.3, -0.25) is 0 Å². The Morgan fingerprint density at radius 2 is 1.56 bits per heavy atom. The number of ether oxygens (including phenoxy) is 3. The van der Waals surface area contributed by atoms with Gasteiger partial charge in [0.05, 0.1) is 12.1 Å². The van der Waals surface area contributed by atoms with E-state index in [9.17, 15) is 0 Å². The maximum atomic E-state index is 6.30. The van der Waals surface area contributed by atoms with Gasteiger partial charge in [0.25, 0.3) is 0 Å². The van der Waals surface area contributed by atoms with Gasteiger partial charge in [0.1, 0.15) is 30.8 Å². The third-order valence-corrected chi connectivity index (χ3v) is 7.39. The number of nitrogens with zero attached hydrogens (tertiary/aromatic N) is 3. The minimum Gasteiger partial charge on any atom is -0.478 e. The number of hydrogen-bond acceptors (Lipinski definition) is 6. The van der Waals surface area contributed by atoms with Gasteiger partial charge >= 0.3 is 0 Å². The van der Waals surface area contributed by atoms with E-state index in [2.05, 4.69) is 58.9 Å². The highest BCUT2D eigenvalue weighted by molar-refractivity contribution is 6.06. The normalized spacial score (nSPS) is 28.7. The van der Waals surface area contributed by atoms with E-state index in [0.29, 0.717) is 25.0 Å². The molecule has 1 aromatic rings. The third-order valence-electron chi connectivity index (χ3n) is 7.39. The highest BCUT2D eigenvalue weighted by Crippen LogP contribution is 2.42. The Hall–Kier alpha value is -2.37. The van der Waals surface area contributed by atoms with Crippen LogP contribution in [0.25, 0.3) is 0 Å². The van der Waals surface area contributed by atoms with E-state index in [-0.39, 0.29) is 24.2 Å². The van der Waals surface area contributed by atoms with Crippen LogP contribution >= 0.6 is 0 Å². The lowest BCUT2D eigenvalue weighted by atomic mass is 9.84. The lowest BCUT2D eigenvalue weighted by Crippen LogP contribution is -2.38. The Bertz CT molecular complexity index is 931. The molecule has 172 valence electrons. The minimum absolute atomic E-state index is 0.128. The number of hydrogen-bond donors (Lipinski definition) is 0. The van der Waals surface area contributed by atoms with Crippen LogP contribution in [0.1, 0.15) is 64.6 Å². The van der Waals surface area contributed by atoms with Crippen molar-refractivity contribution in [1.82, 2.24) is 0 Å². The van der Waals surface area contributed by atoms with E-state index in [1.165, 1.54) is 11.1 Å². The molecule has 0 spiro atoms. The van der Waals surface area contributed by atoms with Crippen molar-refractivity contribution in [2.24, 2.45) is 32.2 Å². The number of aliphatic imine (C=N–C) groups is 3. The largest absolute Gasteiger partial charge is 0.478 e. The molecule has 4 atom stereocenters. The first-order chi connectivity index (χ1) is 15.3. The molecular formula is C26H35N3O3. The van der Waals surface area contributed by atoms with Gasteiger partial charge in [-0.2, -0.15) is 0 Å². The van der Waals surface area contributed by atoms with Gasteiger partial charge in [0.2, 0.25) is 0 Å². The molecule has 0 radical (unpaired) electrons. The monoisotopic (exact) mass is 437 g/mol. The van der Waals surface area contributed by atoms with Crippen molar-refractivity contribution >= 4 is 17.7 Å². The zero-order valence-electron chi connectivity index (χ0n) is 19.9. The average Bonchev–Trinajstić information content (AvgIpc) is 3.55. The second-order valence-corrected chi connectivity index (χ2v) is 10.5. The summed E-state index contributed by atoms with van der Waals surface area (Å²) in [5, 5.41) is 0. The molecule has 0 amide bonds. The molecule has 0 fully saturated rings. The van der Waals surface area contributed by atoms with Crippen LogP contribution in [0, 0.1) is 17.3 Å². The van der Waals surface area contributed by atoms with E-state index in [1.54, 1.807) is 0 Å². The van der Waals surface area contributed by atoms with E-state index >= 15 is 0 Å². The molecule has 3 heterocycles. The van der Waals surface area contributed by atoms with E-state index in [1.807, 2.05) is 0 Å². The summed E-state index contributed by atoms with van der Waals surface area (Å²) in [5.41, 5.74) is 2.16. The quantitative estimate of drug-likeness (QED) is 0.617. The molecule has 0 saturated carbocycles. The van der Waals surface area contributed by atoms with Crippen molar-refractivity contribution in [3.63, 3.8) is 0 Å². The molecule has 3 aliphatic heterocycles. The van der Waals surface area contributed by atoms with Gasteiger partial charge in [-0.05, 0) is 36.3 Å². The Balaban J connectivity index is 1.37. The summed E-state index contributed by atoms with van der Waals surface area (Å²) in [6, 6.07) is 9.04. The molecule has 0 unspecified atom stereocenters. The predicted octanol–water partition coefficient (Wildman–Crippen LogP) is 4.77. The van der Waals surface area contributed by atoms with Crippen molar-refractivity contribution in [1.29, 1.82) is 0 Å². The van der Waals surface area contributed by atoms with E-state index in [0.717, 1.165) is 37.0 Å². The highest BCUT2D eigenvalue weighted by atomic mass is 16.5. The minimum atomic E-state index is -0.505. The van der Waals surface area contributed by atoms with Crippen LogP contribution in [0.4, 0.5) is 0 Å².